The summed E-state index contributed by atoms with van der Waals surface area (Å²) in [6, 6.07) is 0. The lowest BCUT2D eigenvalue weighted by Gasteiger charge is -2.27. The quantitative estimate of drug-likeness (QED) is 0.0358. The monoisotopic (exact) mass is 1040 g/mol. The van der Waals surface area contributed by atoms with E-state index in [9.17, 15) is 19.8 Å². The first-order valence-corrected chi connectivity index (χ1v) is 33.8. The Balaban J connectivity index is 1.67. The number of hydrogen-bond acceptors (Lipinski definition) is 6. The number of ether oxygens (including phenoxy) is 2. The van der Waals surface area contributed by atoms with Gasteiger partial charge in [0.25, 0.3) is 0 Å². The zero-order chi connectivity index (χ0) is 53.2. The van der Waals surface area contributed by atoms with Crippen molar-refractivity contribution in [1.82, 2.24) is 0 Å². The molecule has 1 aliphatic heterocycles. The van der Waals surface area contributed by atoms with E-state index in [-0.39, 0.29) is 19.6 Å². The minimum absolute atomic E-state index is 0.00470. The normalized spacial score (nSPS) is 15.1. The van der Waals surface area contributed by atoms with E-state index < -0.39 is 36.5 Å². The molecule has 1 unspecified atom stereocenters. The number of carbonyl (C=O) groups excluding carboxylic acids is 2. The van der Waals surface area contributed by atoms with Crippen LogP contribution in [0.3, 0.4) is 0 Å². The van der Waals surface area contributed by atoms with Gasteiger partial charge in [-0.1, -0.05) is 347 Å². The lowest BCUT2D eigenvalue weighted by molar-refractivity contribution is -0.155. The Bertz CT molecular complexity index is 1160. The fraction of sp³-hybridized carbons (Fsp3) is 0.941. The average Bonchev–Trinajstić information content (AvgIpc) is 3.47. The van der Waals surface area contributed by atoms with Crippen LogP contribution in [0.4, 0.5) is 0 Å². The van der Waals surface area contributed by atoms with E-state index in [1.54, 1.807) is 0 Å². The highest BCUT2D eigenvalue weighted by Crippen LogP contribution is 2.25. The van der Waals surface area contributed by atoms with Gasteiger partial charge >= 0.3 is 11.9 Å². The molecule has 0 aromatic rings. The predicted molar refractivity (Wildman–Crippen MR) is 320 cm³/mol. The van der Waals surface area contributed by atoms with Gasteiger partial charge in [-0.3, -0.25) is 9.59 Å². The van der Waals surface area contributed by atoms with Gasteiger partial charge in [-0.2, -0.15) is 0 Å². The van der Waals surface area contributed by atoms with Crippen LogP contribution in [0.1, 0.15) is 373 Å². The lowest BCUT2D eigenvalue weighted by atomic mass is 9.92. The van der Waals surface area contributed by atoms with Gasteiger partial charge in [0.05, 0.1) is 31.0 Å². The number of unbranched alkanes of at least 4 members (excludes halogenated alkanes) is 53. The van der Waals surface area contributed by atoms with E-state index >= 15 is 0 Å². The fourth-order valence-electron chi connectivity index (χ4n) is 11.3. The van der Waals surface area contributed by atoms with Crippen LogP contribution in [-0.4, -0.2) is 48.6 Å². The minimum atomic E-state index is -1.12. The van der Waals surface area contributed by atoms with Crippen LogP contribution in [0.2, 0.25) is 0 Å². The minimum Gasteiger partial charge on any atom is -0.465 e. The first-order valence-electron chi connectivity index (χ1n) is 33.8. The largest absolute Gasteiger partial charge is 0.465 e. The van der Waals surface area contributed by atoms with Gasteiger partial charge in [-0.25, -0.2) is 0 Å². The van der Waals surface area contributed by atoms with Crippen molar-refractivity contribution in [2.24, 2.45) is 11.3 Å². The molecule has 0 saturated carbocycles. The number of esters is 2. The predicted octanol–water partition coefficient (Wildman–Crippen LogP) is 21.5. The van der Waals surface area contributed by atoms with E-state index in [0.717, 1.165) is 19.3 Å². The van der Waals surface area contributed by atoms with Crippen molar-refractivity contribution in [3.8, 4) is 0 Å². The number of allylic oxidation sites excluding steroid dienone is 2. The Morgan fingerprint density at radius 2 is 0.581 bits per heavy atom. The molecule has 0 amide bonds. The Labute approximate surface area is 462 Å². The summed E-state index contributed by atoms with van der Waals surface area (Å²) in [4.78, 5) is 24.8. The maximum Gasteiger partial charge on any atom is 0.309 e. The molecule has 1 fully saturated rings. The molecule has 0 aromatic heterocycles. The smallest absolute Gasteiger partial charge is 0.309 e. The van der Waals surface area contributed by atoms with Crippen molar-refractivity contribution in [3.05, 3.63) is 12.2 Å². The second kappa shape index (κ2) is 57.8. The van der Waals surface area contributed by atoms with E-state index in [0.29, 0.717) is 6.42 Å². The highest BCUT2D eigenvalue weighted by Gasteiger charge is 2.36. The van der Waals surface area contributed by atoms with Crippen molar-refractivity contribution in [2.45, 2.75) is 373 Å². The highest BCUT2D eigenvalue weighted by atomic mass is 16.6. The summed E-state index contributed by atoms with van der Waals surface area (Å²) in [5.74, 6) is -1.40. The topological polar surface area (TPSA) is 93.1 Å². The SMILES string of the molecule is CCCCCCCCCCCCCCCCCCCCCCCCCCC/C=C/CCCCCCCCCCCCCCCCCCCCCCCCCCCCCCC1CC(=O)OCC(CO)(CO)COC1=O. The molecule has 1 rings (SSSR count). The van der Waals surface area contributed by atoms with Crippen molar-refractivity contribution >= 4 is 11.9 Å². The summed E-state index contributed by atoms with van der Waals surface area (Å²) < 4.78 is 10.6. The summed E-state index contributed by atoms with van der Waals surface area (Å²) in [6.45, 7) is 1.21. The van der Waals surface area contributed by atoms with Gasteiger partial charge in [0.1, 0.15) is 13.2 Å². The van der Waals surface area contributed by atoms with Gasteiger partial charge < -0.3 is 19.7 Å². The number of hydrogen-bond donors (Lipinski definition) is 2. The maximum atomic E-state index is 12.6. The van der Waals surface area contributed by atoms with Crippen molar-refractivity contribution in [2.75, 3.05) is 26.4 Å². The van der Waals surface area contributed by atoms with Gasteiger partial charge in [-0.05, 0) is 32.1 Å². The zero-order valence-electron chi connectivity index (χ0n) is 49.9. The summed E-state index contributed by atoms with van der Waals surface area (Å²) in [7, 11) is 0. The summed E-state index contributed by atoms with van der Waals surface area (Å²) in [5, 5.41) is 19.2. The van der Waals surface area contributed by atoms with E-state index in [1.807, 2.05) is 0 Å². The molecule has 0 aliphatic carbocycles. The standard InChI is InChI=1S/C68H130O6/c1-2-3-4-5-6-7-8-9-10-11-12-13-14-15-16-17-18-19-20-21-22-23-24-25-26-27-28-29-30-31-32-33-34-35-36-37-38-39-40-41-42-43-44-45-46-47-48-49-50-51-52-53-54-55-56-57-58-59-65-60-66(71)73-63-68(61-69,62-70)64-74-67(65)72/h28-29,65,69-70H,2-27,30-64H2,1H3/b29-28+. The molecule has 0 aromatic carbocycles. The van der Waals surface area contributed by atoms with Crippen LogP contribution >= 0.6 is 0 Å². The van der Waals surface area contributed by atoms with Crippen LogP contribution in [0, 0.1) is 11.3 Å². The molecule has 0 radical (unpaired) electrons. The molecule has 6 nitrogen and oxygen atoms in total. The molecule has 6 heteroatoms. The second-order valence-corrected chi connectivity index (χ2v) is 24.2. The first kappa shape index (κ1) is 70.6. The van der Waals surface area contributed by atoms with Crippen LogP contribution in [0.25, 0.3) is 0 Å². The third-order valence-corrected chi connectivity index (χ3v) is 16.8. The molecule has 74 heavy (non-hydrogen) atoms. The van der Waals surface area contributed by atoms with Crippen LogP contribution in [-0.2, 0) is 19.1 Å². The van der Waals surface area contributed by atoms with E-state index in [4.69, 9.17) is 9.47 Å². The molecule has 0 bridgehead atoms. The molecule has 0 spiro atoms. The van der Waals surface area contributed by atoms with Crippen molar-refractivity contribution in [1.29, 1.82) is 0 Å². The average molecular weight is 1040 g/mol. The van der Waals surface area contributed by atoms with Gasteiger partial charge in [-0.15, -0.1) is 0 Å². The number of rotatable bonds is 59. The molecule has 1 aliphatic rings. The summed E-state index contributed by atoms with van der Waals surface area (Å²) in [6.07, 6.45) is 83.1. The second-order valence-electron chi connectivity index (χ2n) is 24.2. The summed E-state index contributed by atoms with van der Waals surface area (Å²) >= 11 is 0. The Morgan fingerprint density at radius 3 is 0.838 bits per heavy atom. The summed E-state index contributed by atoms with van der Waals surface area (Å²) in [5.41, 5.74) is -1.12. The molecule has 1 heterocycles. The van der Waals surface area contributed by atoms with Crippen molar-refractivity contribution < 1.29 is 29.3 Å². The van der Waals surface area contributed by atoms with Gasteiger partial charge in [0.2, 0.25) is 0 Å². The van der Waals surface area contributed by atoms with Crippen LogP contribution < -0.4 is 0 Å². The third kappa shape index (κ3) is 48.9. The molecule has 1 saturated heterocycles. The lowest BCUT2D eigenvalue weighted by Crippen LogP contribution is -2.40. The molecular weight excluding hydrogens is 913 g/mol. The van der Waals surface area contributed by atoms with E-state index in [1.165, 1.54) is 334 Å². The van der Waals surface area contributed by atoms with E-state index in [2.05, 4.69) is 19.1 Å². The maximum absolute atomic E-state index is 12.6. The molecular formula is C68H130O6. The number of carbonyl (C=O) groups is 2. The Hall–Kier alpha value is -1.40. The Morgan fingerprint density at radius 1 is 0.351 bits per heavy atom. The van der Waals surface area contributed by atoms with Gasteiger partial charge in [0, 0.05) is 0 Å². The fourth-order valence-corrected chi connectivity index (χ4v) is 11.3. The molecule has 2 N–H and O–H groups in total. The Kier molecular flexibility index (Phi) is 55.1. The number of aliphatic hydroxyl groups is 2. The zero-order valence-corrected chi connectivity index (χ0v) is 49.9. The van der Waals surface area contributed by atoms with Crippen molar-refractivity contribution in [3.63, 3.8) is 0 Å². The number of cyclic esters (lactones) is 2. The van der Waals surface area contributed by atoms with Crippen LogP contribution in [0.5, 0.6) is 0 Å². The van der Waals surface area contributed by atoms with Gasteiger partial charge in [0.15, 0.2) is 0 Å². The third-order valence-electron chi connectivity index (χ3n) is 16.8. The van der Waals surface area contributed by atoms with Crippen LogP contribution in [0.15, 0.2) is 12.2 Å². The number of aliphatic hydroxyl groups excluding tert-OH is 2. The highest BCUT2D eigenvalue weighted by molar-refractivity contribution is 5.80. The molecule has 438 valence electrons. The first-order chi connectivity index (χ1) is 36.6. The molecule has 1 atom stereocenters.